The summed E-state index contributed by atoms with van der Waals surface area (Å²) < 4.78 is 66.8. The van der Waals surface area contributed by atoms with Crippen LogP contribution in [0.25, 0.3) is 46.0 Å². The molecule has 0 radical (unpaired) electrons. The zero-order valence-electron chi connectivity index (χ0n) is 24.9. The summed E-state index contributed by atoms with van der Waals surface area (Å²) >= 11 is 0. The topological polar surface area (TPSA) is 279 Å². The molecular formula is C32H18N8O8S2. The third-order valence-corrected chi connectivity index (χ3v) is 8.87. The summed E-state index contributed by atoms with van der Waals surface area (Å²) in [5.41, 5.74) is -1.57. The average molecular weight is 707 g/mol. The molecule has 2 aromatic heterocycles. The van der Waals surface area contributed by atoms with Crippen molar-refractivity contribution in [2.45, 2.75) is 9.79 Å². The molecule has 0 fully saturated rings. The van der Waals surface area contributed by atoms with E-state index >= 15 is 0 Å². The number of benzene rings is 3. The van der Waals surface area contributed by atoms with Gasteiger partial charge in [0.25, 0.3) is 31.4 Å². The van der Waals surface area contributed by atoms with Crippen LogP contribution in [-0.4, -0.2) is 45.5 Å². The molecule has 5 aromatic rings. The van der Waals surface area contributed by atoms with E-state index in [1.165, 1.54) is 30.3 Å². The maximum absolute atomic E-state index is 13.6. The van der Waals surface area contributed by atoms with Crippen molar-refractivity contribution in [3.8, 4) is 58.2 Å². The van der Waals surface area contributed by atoms with Crippen LogP contribution in [0.4, 0.5) is 0 Å². The zero-order valence-corrected chi connectivity index (χ0v) is 26.6. The van der Waals surface area contributed by atoms with Crippen LogP contribution in [0.2, 0.25) is 0 Å². The van der Waals surface area contributed by atoms with E-state index in [0.717, 1.165) is 45.8 Å². The molecule has 5 rings (SSSR count). The van der Waals surface area contributed by atoms with Gasteiger partial charge in [-0.1, -0.05) is 18.2 Å². The minimum atomic E-state index is -4.53. The Kier molecular flexibility index (Phi) is 9.06. The number of hydrogen-bond acceptors (Lipinski definition) is 10. The number of allylic oxidation sites excluding steroid dienone is 2. The lowest BCUT2D eigenvalue weighted by atomic mass is 10.0. The summed E-state index contributed by atoms with van der Waals surface area (Å²) in [5.74, 6) is 0. The van der Waals surface area contributed by atoms with Crippen LogP contribution in [0, 0.1) is 45.3 Å². The SMILES string of the molecule is N#CC(C#N)=Cc1c(-c2cccc(-c3[nH]n(-c4ccc(S(=O)(=O)O)cc4)c(=O)c3C=C(C#N)C#N)c2)[nH]n(-c2ccc(S(=O)(=O)O)cc2)c1=O. The summed E-state index contributed by atoms with van der Waals surface area (Å²) in [6.07, 6.45) is 2.11. The number of aromatic amines is 2. The summed E-state index contributed by atoms with van der Waals surface area (Å²) in [5, 5.41) is 43.4. The highest BCUT2D eigenvalue weighted by molar-refractivity contribution is 7.86. The van der Waals surface area contributed by atoms with Crippen LogP contribution in [0.5, 0.6) is 0 Å². The fourth-order valence-electron chi connectivity index (χ4n) is 4.80. The van der Waals surface area contributed by atoms with Crippen molar-refractivity contribution < 1.29 is 25.9 Å². The molecule has 0 atom stereocenters. The highest BCUT2D eigenvalue weighted by atomic mass is 32.2. The largest absolute Gasteiger partial charge is 0.294 e. The predicted molar refractivity (Wildman–Crippen MR) is 175 cm³/mol. The van der Waals surface area contributed by atoms with Crippen molar-refractivity contribution in [3.05, 3.63) is 116 Å². The van der Waals surface area contributed by atoms with Gasteiger partial charge in [-0.2, -0.15) is 37.9 Å². The molecule has 0 amide bonds. The zero-order chi connectivity index (χ0) is 36.4. The van der Waals surface area contributed by atoms with Gasteiger partial charge in [-0.15, -0.1) is 0 Å². The van der Waals surface area contributed by atoms with E-state index in [-0.39, 0.29) is 45.0 Å². The molecule has 16 nitrogen and oxygen atoms in total. The Labute approximate surface area is 282 Å². The molecule has 0 aliphatic rings. The number of rotatable bonds is 8. The second-order valence-corrected chi connectivity index (χ2v) is 13.0. The van der Waals surface area contributed by atoms with Gasteiger partial charge in [0.05, 0.1) is 43.7 Å². The first kappa shape index (κ1) is 34.3. The molecule has 0 spiro atoms. The monoisotopic (exact) mass is 706 g/mol. The number of hydrogen-bond donors (Lipinski definition) is 4. The van der Waals surface area contributed by atoms with Gasteiger partial charge < -0.3 is 0 Å². The van der Waals surface area contributed by atoms with Crippen molar-refractivity contribution in [1.82, 2.24) is 19.6 Å². The van der Waals surface area contributed by atoms with E-state index in [9.17, 15) is 56.6 Å². The second kappa shape index (κ2) is 13.2. The summed E-state index contributed by atoms with van der Waals surface area (Å²) in [7, 11) is -9.07. The fourth-order valence-corrected chi connectivity index (χ4v) is 5.76. The van der Waals surface area contributed by atoms with Gasteiger partial charge in [0.1, 0.15) is 35.4 Å². The van der Waals surface area contributed by atoms with Gasteiger partial charge in [0.2, 0.25) is 0 Å². The Morgan fingerprint density at radius 1 is 0.600 bits per heavy atom. The van der Waals surface area contributed by atoms with E-state index in [2.05, 4.69) is 10.2 Å². The summed E-state index contributed by atoms with van der Waals surface area (Å²) in [6.45, 7) is 0. The fraction of sp³-hybridized carbons (Fsp3) is 0. The molecule has 2 heterocycles. The summed E-state index contributed by atoms with van der Waals surface area (Å²) in [4.78, 5) is 26.4. The molecule has 50 heavy (non-hydrogen) atoms. The molecule has 0 saturated heterocycles. The molecule has 246 valence electrons. The Morgan fingerprint density at radius 3 is 1.24 bits per heavy atom. The Bertz CT molecular complexity index is 2560. The average Bonchev–Trinajstić information content (AvgIpc) is 3.60. The van der Waals surface area contributed by atoms with Gasteiger partial charge in [0, 0.05) is 11.1 Å². The maximum atomic E-state index is 13.6. The van der Waals surface area contributed by atoms with Crippen LogP contribution in [-0.2, 0) is 20.2 Å². The van der Waals surface area contributed by atoms with Gasteiger partial charge in [-0.25, -0.2) is 9.36 Å². The molecule has 18 heteroatoms. The molecule has 0 bridgehead atoms. The van der Waals surface area contributed by atoms with Crippen molar-refractivity contribution >= 4 is 32.4 Å². The first-order valence-corrected chi connectivity index (χ1v) is 16.6. The minimum absolute atomic E-state index is 0.0909. The van der Waals surface area contributed by atoms with E-state index in [0.29, 0.717) is 0 Å². The maximum Gasteiger partial charge on any atom is 0.294 e. The molecular weight excluding hydrogens is 689 g/mol. The molecule has 0 aliphatic heterocycles. The van der Waals surface area contributed by atoms with Gasteiger partial charge >= 0.3 is 0 Å². The molecule has 4 N–H and O–H groups in total. The van der Waals surface area contributed by atoms with E-state index in [4.69, 9.17) is 0 Å². The van der Waals surface area contributed by atoms with Crippen LogP contribution >= 0.6 is 0 Å². The number of aromatic nitrogens is 4. The lowest BCUT2D eigenvalue weighted by Gasteiger charge is -2.06. The highest BCUT2D eigenvalue weighted by Gasteiger charge is 2.21. The number of nitrogens with zero attached hydrogens (tertiary/aromatic N) is 6. The molecule has 0 saturated carbocycles. The molecule has 3 aromatic carbocycles. The third-order valence-electron chi connectivity index (χ3n) is 7.14. The van der Waals surface area contributed by atoms with Crippen LogP contribution in [0.1, 0.15) is 11.1 Å². The van der Waals surface area contributed by atoms with Gasteiger partial charge in [0.15, 0.2) is 0 Å². The van der Waals surface area contributed by atoms with Crippen molar-refractivity contribution in [2.24, 2.45) is 0 Å². The van der Waals surface area contributed by atoms with Gasteiger partial charge in [-0.05, 0) is 66.7 Å². The molecule has 0 aliphatic carbocycles. The van der Waals surface area contributed by atoms with Crippen molar-refractivity contribution in [3.63, 3.8) is 0 Å². The highest BCUT2D eigenvalue weighted by Crippen LogP contribution is 2.30. The Balaban J connectivity index is 1.73. The van der Waals surface area contributed by atoms with Crippen LogP contribution in [0.3, 0.4) is 0 Å². The first-order chi connectivity index (χ1) is 23.7. The Hall–Kier alpha value is -7.06. The van der Waals surface area contributed by atoms with E-state index < -0.39 is 52.3 Å². The lowest BCUT2D eigenvalue weighted by Crippen LogP contribution is -2.16. The quantitative estimate of drug-likeness (QED) is 0.134. The molecule has 0 unspecified atom stereocenters. The van der Waals surface area contributed by atoms with E-state index in [1.54, 1.807) is 42.5 Å². The van der Waals surface area contributed by atoms with Crippen molar-refractivity contribution in [2.75, 3.05) is 0 Å². The first-order valence-electron chi connectivity index (χ1n) is 13.7. The normalized spacial score (nSPS) is 11.0. The van der Waals surface area contributed by atoms with Crippen LogP contribution in [0.15, 0.2) is 103 Å². The standard InChI is InChI=1S/C32H18N8O8S2/c33-15-19(16-34)12-27-29(37-39(31(27)41)23-4-8-25(9-5-23)49(43,44)45)21-2-1-3-22(14-21)30-28(13-20(17-35)18-36)32(42)40(38-30)24-6-10-26(11-7-24)50(46,47)48/h1-14,37-38H,(H,43,44,45)(H,46,47,48). The second-order valence-electron chi connectivity index (χ2n) is 10.2. The smallest absolute Gasteiger partial charge is 0.290 e. The van der Waals surface area contributed by atoms with Crippen molar-refractivity contribution in [1.29, 1.82) is 21.0 Å². The lowest BCUT2D eigenvalue weighted by molar-refractivity contribution is 0.481. The van der Waals surface area contributed by atoms with E-state index in [1.807, 2.05) is 0 Å². The number of H-pyrrole nitrogens is 2. The number of nitriles is 4. The number of nitrogens with one attached hydrogen (secondary N) is 2. The minimum Gasteiger partial charge on any atom is -0.290 e. The third kappa shape index (κ3) is 6.67. The van der Waals surface area contributed by atoms with Crippen LogP contribution < -0.4 is 11.1 Å². The Morgan fingerprint density at radius 2 is 0.940 bits per heavy atom. The summed E-state index contributed by atoms with van der Waals surface area (Å²) in [6, 6.07) is 22.1. The van der Waals surface area contributed by atoms with Gasteiger partial charge in [-0.3, -0.25) is 28.9 Å². The predicted octanol–water partition coefficient (Wildman–Crippen LogP) is 3.33.